The number of aromatic nitrogens is 2. The fourth-order valence-electron chi connectivity index (χ4n) is 2.71. The van der Waals surface area contributed by atoms with Crippen molar-refractivity contribution in [2.24, 2.45) is 0 Å². The molecule has 1 fully saturated rings. The Labute approximate surface area is 114 Å². The van der Waals surface area contributed by atoms with Gasteiger partial charge in [-0.05, 0) is 26.4 Å². The third-order valence-electron chi connectivity index (χ3n) is 4.01. The molecule has 1 aromatic heterocycles. The van der Waals surface area contributed by atoms with Gasteiger partial charge >= 0.3 is 0 Å². The maximum absolute atomic E-state index is 5.78. The van der Waals surface area contributed by atoms with Crippen LogP contribution in [0, 0.1) is 0 Å². The van der Waals surface area contributed by atoms with E-state index in [2.05, 4.69) is 34.2 Å². The van der Waals surface area contributed by atoms with E-state index < -0.39 is 0 Å². The molecule has 0 spiro atoms. The summed E-state index contributed by atoms with van der Waals surface area (Å²) in [6.45, 7) is 4.18. The Morgan fingerprint density at radius 3 is 2.50 bits per heavy atom. The summed E-state index contributed by atoms with van der Waals surface area (Å²) in [7, 11) is 2.20. The molecule has 2 rings (SSSR count). The summed E-state index contributed by atoms with van der Waals surface area (Å²) in [4.78, 5) is 10.8. The lowest BCUT2D eigenvalue weighted by molar-refractivity contribution is 0.144. The molecule has 0 unspecified atom stereocenters. The van der Waals surface area contributed by atoms with Crippen LogP contribution in [0.3, 0.4) is 0 Å². The van der Waals surface area contributed by atoms with Gasteiger partial charge in [0.1, 0.15) is 0 Å². The van der Waals surface area contributed by atoms with E-state index >= 15 is 0 Å². The monoisotopic (exact) mass is 268 g/mol. The maximum atomic E-state index is 5.78. The molecule has 1 saturated carbocycles. The number of halogens is 1. The van der Waals surface area contributed by atoms with Crippen molar-refractivity contribution >= 4 is 17.5 Å². The Balaban J connectivity index is 2.00. The van der Waals surface area contributed by atoms with Gasteiger partial charge in [0.25, 0.3) is 0 Å². The Morgan fingerprint density at radius 1 is 1.33 bits per heavy atom. The van der Waals surface area contributed by atoms with Crippen LogP contribution in [0.5, 0.6) is 0 Å². The molecule has 18 heavy (non-hydrogen) atoms. The molecule has 0 atom stereocenters. The van der Waals surface area contributed by atoms with Crippen LogP contribution in [0.25, 0.3) is 0 Å². The van der Waals surface area contributed by atoms with Crippen LogP contribution in [-0.4, -0.2) is 40.5 Å². The van der Waals surface area contributed by atoms with Gasteiger partial charge in [0, 0.05) is 12.1 Å². The standard InChI is InChI=1S/C13H21ClN4/c1-3-18(2)13(6-4-5-7-13)10-17-12-15-8-11(14)9-16-12/h8-9H,3-7,10H2,1-2H3,(H,15,16,17). The molecule has 1 heterocycles. The smallest absolute Gasteiger partial charge is 0.222 e. The highest BCUT2D eigenvalue weighted by Gasteiger charge is 2.36. The molecule has 0 radical (unpaired) electrons. The first kappa shape index (κ1) is 13.6. The van der Waals surface area contributed by atoms with Crippen molar-refractivity contribution in [2.75, 3.05) is 25.5 Å². The molecule has 0 amide bonds. The van der Waals surface area contributed by atoms with Crippen molar-refractivity contribution in [1.29, 1.82) is 0 Å². The molecule has 0 aromatic carbocycles. The van der Waals surface area contributed by atoms with Gasteiger partial charge in [-0.15, -0.1) is 0 Å². The number of likely N-dealkylation sites (N-methyl/N-ethyl adjacent to an activating group) is 1. The number of hydrogen-bond donors (Lipinski definition) is 1. The van der Waals surface area contributed by atoms with E-state index in [1.54, 1.807) is 12.4 Å². The quantitative estimate of drug-likeness (QED) is 0.892. The van der Waals surface area contributed by atoms with Crippen LogP contribution in [0.2, 0.25) is 5.02 Å². The zero-order valence-electron chi connectivity index (χ0n) is 11.1. The third-order valence-corrected chi connectivity index (χ3v) is 4.21. The predicted octanol–water partition coefficient (Wildman–Crippen LogP) is 2.81. The van der Waals surface area contributed by atoms with Crippen LogP contribution in [0.4, 0.5) is 5.95 Å². The van der Waals surface area contributed by atoms with E-state index in [0.717, 1.165) is 13.1 Å². The zero-order valence-corrected chi connectivity index (χ0v) is 11.9. The summed E-state index contributed by atoms with van der Waals surface area (Å²) in [5.74, 6) is 0.662. The van der Waals surface area contributed by atoms with Crippen LogP contribution >= 0.6 is 11.6 Å². The summed E-state index contributed by atoms with van der Waals surface area (Å²) in [6, 6.07) is 0. The summed E-state index contributed by atoms with van der Waals surface area (Å²) in [6.07, 6.45) is 8.38. The molecule has 4 nitrogen and oxygen atoms in total. The SMILES string of the molecule is CCN(C)C1(CNc2ncc(Cl)cn2)CCCC1. The number of nitrogens with zero attached hydrogens (tertiary/aromatic N) is 3. The molecular weight excluding hydrogens is 248 g/mol. The summed E-state index contributed by atoms with van der Waals surface area (Å²) >= 11 is 5.78. The van der Waals surface area contributed by atoms with Crippen molar-refractivity contribution in [1.82, 2.24) is 14.9 Å². The Kier molecular flexibility index (Phi) is 4.40. The van der Waals surface area contributed by atoms with E-state index in [4.69, 9.17) is 11.6 Å². The van der Waals surface area contributed by atoms with Gasteiger partial charge in [-0.1, -0.05) is 31.4 Å². The normalized spacial score (nSPS) is 18.2. The molecule has 0 aliphatic heterocycles. The molecule has 1 aliphatic rings. The van der Waals surface area contributed by atoms with Crippen molar-refractivity contribution < 1.29 is 0 Å². The molecule has 100 valence electrons. The van der Waals surface area contributed by atoms with E-state index in [-0.39, 0.29) is 5.54 Å². The van der Waals surface area contributed by atoms with Gasteiger partial charge in [-0.3, -0.25) is 4.90 Å². The lowest BCUT2D eigenvalue weighted by atomic mass is 9.95. The summed E-state index contributed by atoms with van der Waals surface area (Å²) in [5, 5.41) is 3.92. The molecule has 1 N–H and O–H groups in total. The number of hydrogen-bond acceptors (Lipinski definition) is 4. The van der Waals surface area contributed by atoms with Crippen LogP contribution < -0.4 is 5.32 Å². The summed E-state index contributed by atoms with van der Waals surface area (Å²) in [5.41, 5.74) is 0.262. The summed E-state index contributed by atoms with van der Waals surface area (Å²) < 4.78 is 0. The zero-order chi connectivity index (χ0) is 13.0. The van der Waals surface area contributed by atoms with Crippen LogP contribution in [-0.2, 0) is 0 Å². The van der Waals surface area contributed by atoms with Crippen LogP contribution in [0.15, 0.2) is 12.4 Å². The minimum absolute atomic E-state index is 0.262. The minimum atomic E-state index is 0.262. The lowest BCUT2D eigenvalue weighted by Gasteiger charge is -2.38. The second kappa shape index (κ2) is 5.85. The fourth-order valence-corrected chi connectivity index (χ4v) is 2.81. The first-order valence-corrected chi connectivity index (χ1v) is 6.97. The molecule has 5 heteroatoms. The molecule has 0 bridgehead atoms. The second-order valence-electron chi connectivity index (χ2n) is 5.02. The van der Waals surface area contributed by atoms with E-state index in [9.17, 15) is 0 Å². The molecule has 1 aliphatic carbocycles. The van der Waals surface area contributed by atoms with Gasteiger partial charge in [0.15, 0.2) is 0 Å². The topological polar surface area (TPSA) is 41.0 Å². The average molecular weight is 269 g/mol. The van der Waals surface area contributed by atoms with Gasteiger partial charge in [-0.2, -0.15) is 0 Å². The number of rotatable bonds is 5. The van der Waals surface area contributed by atoms with Crippen molar-refractivity contribution in [3.63, 3.8) is 0 Å². The van der Waals surface area contributed by atoms with Crippen molar-refractivity contribution in [2.45, 2.75) is 38.1 Å². The van der Waals surface area contributed by atoms with E-state index in [1.807, 2.05) is 0 Å². The lowest BCUT2D eigenvalue weighted by Crippen LogP contribution is -2.49. The molecular formula is C13H21ClN4. The highest BCUT2D eigenvalue weighted by Crippen LogP contribution is 2.34. The highest BCUT2D eigenvalue weighted by atomic mass is 35.5. The minimum Gasteiger partial charge on any atom is -0.352 e. The largest absolute Gasteiger partial charge is 0.352 e. The Bertz CT molecular complexity index is 373. The third kappa shape index (κ3) is 2.93. The Hall–Kier alpha value is -0.870. The maximum Gasteiger partial charge on any atom is 0.222 e. The van der Waals surface area contributed by atoms with Gasteiger partial charge < -0.3 is 5.32 Å². The van der Waals surface area contributed by atoms with E-state index in [0.29, 0.717) is 11.0 Å². The van der Waals surface area contributed by atoms with Gasteiger partial charge in [0.05, 0.1) is 17.4 Å². The van der Waals surface area contributed by atoms with Gasteiger partial charge in [0.2, 0.25) is 5.95 Å². The first-order chi connectivity index (χ1) is 8.66. The fraction of sp³-hybridized carbons (Fsp3) is 0.692. The van der Waals surface area contributed by atoms with Crippen molar-refractivity contribution in [3.05, 3.63) is 17.4 Å². The predicted molar refractivity (Wildman–Crippen MR) is 75.0 cm³/mol. The number of nitrogens with one attached hydrogen (secondary N) is 1. The average Bonchev–Trinajstić information content (AvgIpc) is 2.87. The Morgan fingerprint density at radius 2 is 1.94 bits per heavy atom. The highest BCUT2D eigenvalue weighted by molar-refractivity contribution is 6.30. The van der Waals surface area contributed by atoms with E-state index in [1.165, 1.54) is 25.7 Å². The van der Waals surface area contributed by atoms with Crippen LogP contribution in [0.1, 0.15) is 32.6 Å². The number of anilines is 1. The molecule has 0 saturated heterocycles. The first-order valence-electron chi connectivity index (χ1n) is 6.59. The second-order valence-corrected chi connectivity index (χ2v) is 5.46. The van der Waals surface area contributed by atoms with Crippen molar-refractivity contribution in [3.8, 4) is 0 Å². The van der Waals surface area contributed by atoms with Gasteiger partial charge in [-0.25, -0.2) is 9.97 Å². The molecule has 1 aromatic rings.